The van der Waals surface area contributed by atoms with Crippen LogP contribution in [0.1, 0.15) is 31.2 Å². The number of hydrogen-bond donors (Lipinski definition) is 0. The number of hydrogen-bond acceptors (Lipinski definition) is 1. The summed E-state index contributed by atoms with van der Waals surface area (Å²) in [4.78, 5) is 0. The lowest BCUT2D eigenvalue weighted by Gasteiger charge is -2.03. The van der Waals surface area contributed by atoms with E-state index in [1.165, 1.54) is 31.2 Å². The SMILES string of the molecule is c1ccc(COCCCC2CC2)cc1. The molecule has 0 radical (unpaired) electrons. The minimum Gasteiger partial charge on any atom is -0.377 e. The van der Waals surface area contributed by atoms with Crippen LogP contribution in [0.15, 0.2) is 30.3 Å². The predicted molar refractivity (Wildman–Crippen MR) is 58.1 cm³/mol. The molecule has 0 unspecified atom stereocenters. The zero-order chi connectivity index (χ0) is 9.64. The number of benzene rings is 1. The Labute approximate surface area is 86.1 Å². The topological polar surface area (TPSA) is 9.23 Å². The van der Waals surface area contributed by atoms with Crippen LogP contribution in [0, 0.1) is 5.92 Å². The quantitative estimate of drug-likeness (QED) is 0.625. The van der Waals surface area contributed by atoms with Gasteiger partial charge in [0.25, 0.3) is 0 Å². The van der Waals surface area contributed by atoms with Gasteiger partial charge in [-0.3, -0.25) is 0 Å². The van der Waals surface area contributed by atoms with Crippen molar-refractivity contribution in [3.05, 3.63) is 35.9 Å². The maximum Gasteiger partial charge on any atom is 0.0716 e. The third kappa shape index (κ3) is 3.51. The van der Waals surface area contributed by atoms with Crippen LogP contribution in [-0.2, 0) is 11.3 Å². The molecular formula is C13H18O. The second kappa shape index (κ2) is 5.16. The molecule has 76 valence electrons. The van der Waals surface area contributed by atoms with Crippen LogP contribution in [0.4, 0.5) is 0 Å². The van der Waals surface area contributed by atoms with Crippen LogP contribution in [0.25, 0.3) is 0 Å². The predicted octanol–water partition coefficient (Wildman–Crippen LogP) is 3.39. The first kappa shape index (κ1) is 9.72. The first-order valence-electron chi connectivity index (χ1n) is 5.57. The summed E-state index contributed by atoms with van der Waals surface area (Å²) in [5, 5.41) is 0. The minimum atomic E-state index is 0.769. The van der Waals surface area contributed by atoms with Crippen LogP contribution in [0.3, 0.4) is 0 Å². The van der Waals surface area contributed by atoms with Gasteiger partial charge in [-0.15, -0.1) is 0 Å². The smallest absolute Gasteiger partial charge is 0.0716 e. The fraction of sp³-hybridized carbons (Fsp3) is 0.538. The van der Waals surface area contributed by atoms with Crippen molar-refractivity contribution in [3.8, 4) is 0 Å². The molecule has 0 atom stereocenters. The van der Waals surface area contributed by atoms with Crippen molar-refractivity contribution in [2.45, 2.75) is 32.3 Å². The van der Waals surface area contributed by atoms with E-state index < -0.39 is 0 Å². The summed E-state index contributed by atoms with van der Waals surface area (Å²) in [6.45, 7) is 1.69. The first-order chi connectivity index (χ1) is 6.95. The Hall–Kier alpha value is -0.820. The van der Waals surface area contributed by atoms with Crippen molar-refractivity contribution in [1.82, 2.24) is 0 Å². The summed E-state index contributed by atoms with van der Waals surface area (Å²) < 4.78 is 5.60. The molecule has 1 fully saturated rings. The summed E-state index contributed by atoms with van der Waals surface area (Å²) >= 11 is 0. The van der Waals surface area contributed by atoms with Crippen molar-refractivity contribution in [2.75, 3.05) is 6.61 Å². The van der Waals surface area contributed by atoms with Crippen molar-refractivity contribution >= 4 is 0 Å². The van der Waals surface area contributed by atoms with Gasteiger partial charge < -0.3 is 4.74 Å². The molecule has 1 nitrogen and oxygen atoms in total. The molecule has 1 heteroatoms. The summed E-state index contributed by atoms with van der Waals surface area (Å²) in [7, 11) is 0. The molecule has 0 heterocycles. The average molecular weight is 190 g/mol. The highest BCUT2D eigenvalue weighted by Gasteiger charge is 2.19. The maximum absolute atomic E-state index is 5.60. The molecule has 1 aliphatic carbocycles. The Kier molecular flexibility index (Phi) is 3.58. The monoisotopic (exact) mass is 190 g/mol. The van der Waals surface area contributed by atoms with Gasteiger partial charge in [-0.25, -0.2) is 0 Å². The molecule has 0 N–H and O–H groups in total. The normalized spacial score (nSPS) is 15.7. The lowest BCUT2D eigenvalue weighted by Crippen LogP contribution is -1.95. The Morgan fingerprint density at radius 1 is 1.14 bits per heavy atom. The average Bonchev–Trinajstić information content (AvgIpc) is 3.03. The van der Waals surface area contributed by atoms with E-state index in [0.717, 1.165) is 19.1 Å². The maximum atomic E-state index is 5.60. The van der Waals surface area contributed by atoms with Crippen LogP contribution < -0.4 is 0 Å². The zero-order valence-electron chi connectivity index (χ0n) is 8.61. The number of ether oxygens (including phenoxy) is 1. The van der Waals surface area contributed by atoms with E-state index in [1.54, 1.807) is 0 Å². The minimum absolute atomic E-state index is 0.769. The van der Waals surface area contributed by atoms with Crippen LogP contribution in [0.5, 0.6) is 0 Å². The van der Waals surface area contributed by atoms with Crippen molar-refractivity contribution in [2.24, 2.45) is 5.92 Å². The molecule has 0 spiro atoms. The van der Waals surface area contributed by atoms with E-state index in [1.807, 2.05) is 6.07 Å². The zero-order valence-corrected chi connectivity index (χ0v) is 8.61. The van der Waals surface area contributed by atoms with E-state index in [0.29, 0.717) is 0 Å². The Balaban J connectivity index is 1.54. The third-order valence-electron chi connectivity index (χ3n) is 2.71. The van der Waals surface area contributed by atoms with E-state index in [4.69, 9.17) is 4.74 Å². The molecule has 1 aromatic rings. The highest BCUT2D eigenvalue weighted by Crippen LogP contribution is 2.33. The molecular weight excluding hydrogens is 172 g/mol. The van der Waals surface area contributed by atoms with Crippen LogP contribution in [-0.4, -0.2) is 6.61 Å². The molecule has 1 aromatic carbocycles. The van der Waals surface area contributed by atoms with Crippen molar-refractivity contribution < 1.29 is 4.74 Å². The van der Waals surface area contributed by atoms with Gasteiger partial charge in [0.1, 0.15) is 0 Å². The van der Waals surface area contributed by atoms with Crippen molar-refractivity contribution in [3.63, 3.8) is 0 Å². The van der Waals surface area contributed by atoms with E-state index in [2.05, 4.69) is 24.3 Å². The van der Waals surface area contributed by atoms with Gasteiger partial charge in [0, 0.05) is 6.61 Å². The molecule has 0 bridgehead atoms. The van der Waals surface area contributed by atoms with Gasteiger partial charge in [0.05, 0.1) is 6.61 Å². The summed E-state index contributed by atoms with van der Waals surface area (Å²) in [6.07, 6.45) is 5.52. The van der Waals surface area contributed by atoms with Gasteiger partial charge >= 0.3 is 0 Å². The highest BCUT2D eigenvalue weighted by molar-refractivity contribution is 5.13. The van der Waals surface area contributed by atoms with Crippen molar-refractivity contribution in [1.29, 1.82) is 0 Å². The lowest BCUT2D eigenvalue weighted by atomic mass is 10.2. The third-order valence-corrected chi connectivity index (χ3v) is 2.71. The molecule has 1 aliphatic rings. The van der Waals surface area contributed by atoms with Crippen LogP contribution in [0.2, 0.25) is 0 Å². The standard InChI is InChI=1S/C13H18O/c1-2-5-13(6-3-1)11-14-10-4-7-12-8-9-12/h1-3,5-6,12H,4,7-11H2. The second-order valence-corrected chi connectivity index (χ2v) is 4.12. The lowest BCUT2D eigenvalue weighted by molar-refractivity contribution is 0.116. The van der Waals surface area contributed by atoms with Crippen LogP contribution >= 0.6 is 0 Å². The van der Waals surface area contributed by atoms with E-state index >= 15 is 0 Å². The summed E-state index contributed by atoms with van der Waals surface area (Å²) in [5.74, 6) is 1.04. The molecule has 0 amide bonds. The van der Waals surface area contributed by atoms with Gasteiger partial charge in [-0.05, 0) is 24.3 Å². The molecule has 1 saturated carbocycles. The molecule has 14 heavy (non-hydrogen) atoms. The Morgan fingerprint density at radius 2 is 1.93 bits per heavy atom. The summed E-state index contributed by atoms with van der Waals surface area (Å²) in [5.41, 5.74) is 1.28. The van der Waals surface area contributed by atoms with E-state index in [-0.39, 0.29) is 0 Å². The number of rotatable bonds is 6. The fourth-order valence-corrected chi connectivity index (χ4v) is 1.64. The molecule has 0 saturated heterocycles. The molecule has 0 aliphatic heterocycles. The van der Waals surface area contributed by atoms with Gasteiger partial charge in [-0.1, -0.05) is 43.2 Å². The Bertz CT molecular complexity index is 251. The Morgan fingerprint density at radius 3 is 2.64 bits per heavy atom. The molecule has 2 rings (SSSR count). The first-order valence-corrected chi connectivity index (χ1v) is 5.57. The van der Waals surface area contributed by atoms with E-state index in [9.17, 15) is 0 Å². The summed E-state index contributed by atoms with van der Waals surface area (Å²) in [6, 6.07) is 10.4. The fourth-order valence-electron chi connectivity index (χ4n) is 1.64. The van der Waals surface area contributed by atoms with Gasteiger partial charge in [0.15, 0.2) is 0 Å². The second-order valence-electron chi connectivity index (χ2n) is 4.12. The molecule has 0 aromatic heterocycles. The van der Waals surface area contributed by atoms with Gasteiger partial charge in [-0.2, -0.15) is 0 Å². The highest BCUT2D eigenvalue weighted by atomic mass is 16.5. The van der Waals surface area contributed by atoms with Gasteiger partial charge in [0.2, 0.25) is 0 Å². The largest absolute Gasteiger partial charge is 0.377 e.